The van der Waals surface area contributed by atoms with Crippen LogP contribution < -0.4 is 10.0 Å². The standard InChI is InChI=1S/C27H29ClN2O6S/c1-18(2)17-36-25(33)29-22-10-6-9-21(15-22)23-16-27(23,24(31)32)30-37(34,35)26(28)13-11-20(12-14-26)19-7-4-3-5-8-19/h3-13,15,18,23,30H,14,16-17H2,1-2H3,(H,29,33)(H,31,32)/t23-,26?,27+/m0/s1. The van der Waals surface area contributed by atoms with Gasteiger partial charge in [-0.1, -0.05) is 80.1 Å². The van der Waals surface area contributed by atoms with E-state index >= 15 is 0 Å². The first kappa shape index (κ1) is 26.9. The van der Waals surface area contributed by atoms with Gasteiger partial charge in [0.15, 0.2) is 4.21 Å². The number of halogens is 1. The van der Waals surface area contributed by atoms with Crippen molar-refractivity contribution in [1.82, 2.24) is 4.72 Å². The van der Waals surface area contributed by atoms with Crippen LogP contribution in [0.5, 0.6) is 0 Å². The lowest BCUT2D eigenvalue weighted by molar-refractivity contribution is -0.140. The van der Waals surface area contributed by atoms with Gasteiger partial charge >= 0.3 is 12.1 Å². The molecule has 2 aliphatic rings. The number of carboxylic acid groups (broad SMARTS) is 1. The van der Waals surface area contributed by atoms with Crippen LogP contribution in [0.4, 0.5) is 10.5 Å². The van der Waals surface area contributed by atoms with Crippen molar-refractivity contribution >= 4 is 44.9 Å². The molecule has 37 heavy (non-hydrogen) atoms. The average molecular weight is 545 g/mol. The summed E-state index contributed by atoms with van der Waals surface area (Å²) >= 11 is 6.55. The Hall–Kier alpha value is -3.14. The summed E-state index contributed by atoms with van der Waals surface area (Å²) in [4.78, 5) is 24.3. The molecule has 1 saturated carbocycles. The maximum Gasteiger partial charge on any atom is 0.411 e. The molecule has 0 heterocycles. The van der Waals surface area contributed by atoms with Crippen LogP contribution in [0, 0.1) is 5.92 Å². The summed E-state index contributed by atoms with van der Waals surface area (Å²) in [6.07, 6.45) is 4.15. The van der Waals surface area contributed by atoms with Crippen molar-refractivity contribution in [3.8, 4) is 0 Å². The lowest BCUT2D eigenvalue weighted by Crippen LogP contribution is -2.51. The molecule has 2 aromatic rings. The molecule has 0 saturated heterocycles. The number of ether oxygens (including phenoxy) is 1. The summed E-state index contributed by atoms with van der Waals surface area (Å²) < 4.78 is 32.4. The second-order valence-corrected chi connectivity index (χ2v) is 12.6. The Bertz CT molecular complexity index is 1360. The Morgan fingerprint density at radius 3 is 2.51 bits per heavy atom. The zero-order chi connectivity index (χ0) is 26.8. The maximum absolute atomic E-state index is 13.4. The predicted octanol–water partition coefficient (Wildman–Crippen LogP) is 5.10. The van der Waals surface area contributed by atoms with Crippen molar-refractivity contribution in [3.63, 3.8) is 0 Å². The van der Waals surface area contributed by atoms with Crippen LogP contribution >= 0.6 is 11.6 Å². The lowest BCUT2D eigenvalue weighted by Gasteiger charge is -2.28. The fourth-order valence-corrected chi connectivity index (χ4v) is 6.02. The third kappa shape index (κ3) is 5.74. The predicted molar refractivity (Wildman–Crippen MR) is 143 cm³/mol. The van der Waals surface area contributed by atoms with Gasteiger partial charge < -0.3 is 9.84 Å². The minimum atomic E-state index is -4.30. The molecule has 0 radical (unpaired) electrons. The van der Waals surface area contributed by atoms with E-state index in [0.29, 0.717) is 11.3 Å². The van der Waals surface area contributed by atoms with Gasteiger partial charge in [0, 0.05) is 18.0 Å². The number of hydrogen-bond donors (Lipinski definition) is 3. The van der Waals surface area contributed by atoms with Gasteiger partial charge in [-0.3, -0.25) is 10.1 Å². The monoisotopic (exact) mass is 544 g/mol. The highest BCUT2D eigenvalue weighted by atomic mass is 35.5. The van der Waals surface area contributed by atoms with Gasteiger partial charge in [-0.2, -0.15) is 4.72 Å². The maximum atomic E-state index is 13.4. The molecule has 0 bridgehead atoms. The van der Waals surface area contributed by atoms with E-state index < -0.39 is 37.7 Å². The fraction of sp³-hybridized carbons (Fsp3) is 0.333. The number of rotatable bonds is 9. The van der Waals surface area contributed by atoms with Gasteiger partial charge in [-0.05, 0) is 47.2 Å². The van der Waals surface area contributed by atoms with Gasteiger partial charge in [0.1, 0.15) is 5.54 Å². The highest BCUT2D eigenvalue weighted by Gasteiger charge is 2.64. The number of allylic oxidation sites excluding steroid dienone is 3. The zero-order valence-electron chi connectivity index (χ0n) is 20.5. The summed E-state index contributed by atoms with van der Waals surface area (Å²) in [7, 11) is -4.30. The summed E-state index contributed by atoms with van der Waals surface area (Å²) in [5, 5.41) is 12.6. The number of carboxylic acids is 1. The molecule has 4 rings (SSSR count). The molecule has 8 nitrogen and oxygen atoms in total. The SMILES string of the molecule is CC(C)COC(=O)Nc1cccc([C@@H]2C[C@]2(NS(=O)(=O)C2(Cl)C=CC(c3ccccc3)=CC2)C(=O)O)c1. The van der Waals surface area contributed by atoms with Crippen molar-refractivity contribution in [1.29, 1.82) is 0 Å². The molecule has 3 atom stereocenters. The molecule has 0 aliphatic heterocycles. The number of carbonyl (C=O) groups is 2. The molecule has 196 valence electrons. The molecule has 0 spiro atoms. The number of nitrogens with one attached hydrogen (secondary N) is 2. The molecule has 1 unspecified atom stereocenters. The molecule has 0 aromatic heterocycles. The summed E-state index contributed by atoms with van der Waals surface area (Å²) in [5.41, 5.74) is 1.01. The fourth-order valence-electron chi connectivity index (χ4n) is 4.26. The largest absolute Gasteiger partial charge is 0.480 e. The van der Waals surface area contributed by atoms with Crippen molar-refractivity contribution in [2.45, 2.75) is 42.4 Å². The van der Waals surface area contributed by atoms with E-state index in [2.05, 4.69) is 10.0 Å². The van der Waals surface area contributed by atoms with Crippen molar-refractivity contribution in [2.75, 3.05) is 11.9 Å². The minimum absolute atomic E-state index is 0.0249. The molecule has 3 N–H and O–H groups in total. The Kier molecular flexibility index (Phi) is 7.50. The number of alkyl halides is 1. The number of hydrogen-bond acceptors (Lipinski definition) is 5. The van der Waals surface area contributed by atoms with Crippen molar-refractivity contribution in [3.05, 3.63) is 84.0 Å². The van der Waals surface area contributed by atoms with E-state index in [4.69, 9.17) is 16.3 Å². The van der Waals surface area contributed by atoms with E-state index in [-0.39, 0.29) is 25.4 Å². The zero-order valence-corrected chi connectivity index (χ0v) is 22.1. The summed E-state index contributed by atoms with van der Waals surface area (Å²) in [5.74, 6) is -1.76. The van der Waals surface area contributed by atoms with Gasteiger partial charge in [-0.25, -0.2) is 13.2 Å². The number of carbonyl (C=O) groups excluding carboxylic acids is 1. The second-order valence-electron chi connectivity index (χ2n) is 9.73. The first-order chi connectivity index (χ1) is 17.5. The Labute approximate surface area is 221 Å². The number of sulfonamides is 1. The van der Waals surface area contributed by atoms with E-state index in [1.807, 2.05) is 44.2 Å². The summed E-state index contributed by atoms with van der Waals surface area (Å²) in [6.45, 7) is 4.09. The van der Waals surface area contributed by atoms with Crippen LogP contribution in [0.25, 0.3) is 5.57 Å². The first-order valence-electron chi connectivity index (χ1n) is 11.9. The molecular weight excluding hydrogens is 516 g/mol. The molecule has 2 aromatic carbocycles. The van der Waals surface area contributed by atoms with Crippen molar-refractivity contribution in [2.24, 2.45) is 5.92 Å². The number of benzene rings is 2. The quantitative estimate of drug-likeness (QED) is 0.378. The topological polar surface area (TPSA) is 122 Å². The first-order valence-corrected chi connectivity index (χ1v) is 13.8. The lowest BCUT2D eigenvalue weighted by atomic mass is 9.99. The van der Waals surface area contributed by atoms with E-state index in [1.165, 1.54) is 6.08 Å². The van der Waals surface area contributed by atoms with Gasteiger partial charge in [0.25, 0.3) is 0 Å². The van der Waals surface area contributed by atoms with Crippen LogP contribution in [-0.4, -0.2) is 41.9 Å². The highest BCUT2D eigenvalue weighted by molar-refractivity contribution is 7.92. The third-order valence-corrected chi connectivity index (χ3v) is 9.13. The molecule has 10 heteroatoms. The Balaban J connectivity index is 1.49. The average Bonchev–Trinajstić information content (AvgIpc) is 3.59. The molecular formula is C27H29ClN2O6S. The van der Waals surface area contributed by atoms with Crippen LogP contribution in [0.15, 0.2) is 72.8 Å². The van der Waals surface area contributed by atoms with E-state index in [0.717, 1.165) is 11.1 Å². The molecule has 1 fully saturated rings. The van der Waals surface area contributed by atoms with Crippen LogP contribution in [-0.2, 0) is 19.6 Å². The summed E-state index contributed by atoms with van der Waals surface area (Å²) in [6, 6.07) is 16.1. The normalized spacial score (nSPS) is 24.9. The Morgan fingerprint density at radius 1 is 1.16 bits per heavy atom. The molecule has 2 aliphatic carbocycles. The van der Waals surface area contributed by atoms with Crippen LogP contribution in [0.2, 0.25) is 0 Å². The van der Waals surface area contributed by atoms with Crippen LogP contribution in [0.3, 0.4) is 0 Å². The smallest absolute Gasteiger partial charge is 0.411 e. The molecule has 1 amide bonds. The van der Waals surface area contributed by atoms with E-state index in [1.54, 1.807) is 36.4 Å². The number of anilines is 1. The third-order valence-electron chi connectivity index (χ3n) is 6.41. The van der Waals surface area contributed by atoms with E-state index in [9.17, 15) is 23.1 Å². The number of amides is 1. The Morgan fingerprint density at radius 2 is 1.89 bits per heavy atom. The van der Waals surface area contributed by atoms with Crippen molar-refractivity contribution < 1.29 is 27.9 Å². The van der Waals surface area contributed by atoms with Gasteiger partial charge in [0.05, 0.1) is 6.61 Å². The minimum Gasteiger partial charge on any atom is -0.480 e. The second kappa shape index (κ2) is 10.3. The number of aliphatic carboxylic acids is 1. The highest BCUT2D eigenvalue weighted by Crippen LogP contribution is 2.53. The van der Waals surface area contributed by atoms with Gasteiger partial charge in [0.2, 0.25) is 10.0 Å². The van der Waals surface area contributed by atoms with Gasteiger partial charge in [-0.15, -0.1) is 0 Å². The van der Waals surface area contributed by atoms with Crippen LogP contribution in [0.1, 0.15) is 43.7 Å².